The molecule has 2 aromatic carbocycles. The number of aromatic nitrogens is 3. The highest BCUT2D eigenvalue weighted by molar-refractivity contribution is 7.91. The molecular formula is C31H30Cl2F3N7O5S. The van der Waals surface area contributed by atoms with Crippen LogP contribution in [0.25, 0.3) is 11.0 Å². The maximum absolute atomic E-state index is 14.1. The summed E-state index contributed by atoms with van der Waals surface area (Å²) in [5.74, 6) is -3.18. The van der Waals surface area contributed by atoms with E-state index in [0.717, 1.165) is 0 Å². The Kier molecular flexibility index (Phi) is 9.79. The topological polar surface area (TPSA) is 141 Å². The van der Waals surface area contributed by atoms with Gasteiger partial charge in [-0.05, 0) is 68.4 Å². The van der Waals surface area contributed by atoms with Crippen LogP contribution in [0.2, 0.25) is 10.0 Å². The number of piperazine rings is 1. The van der Waals surface area contributed by atoms with Crippen molar-refractivity contribution in [3.05, 3.63) is 64.1 Å². The van der Waals surface area contributed by atoms with Crippen molar-refractivity contribution in [2.45, 2.75) is 35.0 Å². The third-order valence-electron chi connectivity index (χ3n) is 8.41. The van der Waals surface area contributed by atoms with Crippen molar-refractivity contribution in [2.24, 2.45) is 0 Å². The molecule has 12 nitrogen and oxygen atoms in total. The Hall–Kier alpha value is -3.96. The van der Waals surface area contributed by atoms with Gasteiger partial charge in [-0.25, -0.2) is 13.4 Å². The number of anilines is 3. The van der Waals surface area contributed by atoms with Gasteiger partial charge in [0.25, 0.3) is 5.91 Å². The number of aromatic amines is 1. The predicted molar refractivity (Wildman–Crippen MR) is 177 cm³/mol. The van der Waals surface area contributed by atoms with Gasteiger partial charge in [0.1, 0.15) is 5.52 Å². The number of hydrogen-bond acceptors (Lipinski definition) is 9. The second-order valence-electron chi connectivity index (χ2n) is 11.7. The summed E-state index contributed by atoms with van der Waals surface area (Å²) in [5, 5.41) is 9.09. The number of likely N-dealkylation sites (N-methyl/N-ethyl adjacent to an activating group) is 1. The van der Waals surface area contributed by atoms with E-state index >= 15 is 0 Å². The number of nitrogens with zero attached hydrogens (tertiary/aromatic N) is 5. The number of pyridine rings is 1. The van der Waals surface area contributed by atoms with Crippen molar-refractivity contribution < 1.29 is 35.9 Å². The number of hydrogen-bond donors (Lipinski definition) is 2. The zero-order chi connectivity index (χ0) is 35.1. The van der Waals surface area contributed by atoms with Gasteiger partial charge in [0.05, 0.1) is 21.7 Å². The average molecular weight is 741 g/mol. The van der Waals surface area contributed by atoms with Gasteiger partial charge in [0.15, 0.2) is 10.8 Å². The number of sulfone groups is 1. The van der Waals surface area contributed by atoms with E-state index in [1.807, 2.05) is 11.9 Å². The second-order valence-corrected chi connectivity index (χ2v) is 14.5. The highest BCUT2D eigenvalue weighted by Gasteiger charge is 2.46. The summed E-state index contributed by atoms with van der Waals surface area (Å²) in [5.41, 5.74) is 0.327. The molecule has 0 bridgehead atoms. The van der Waals surface area contributed by atoms with E-state index in [2.05, 4.69) is 25.4 Å². The summed E-state index contributed by atoms with van der Waals surface area (Å²) in [6, 6.07) is 9.97. The maximum Gasteiger partial charge on any atom is 0.471 e. The molecule has 0 aliphatic carbocycles. The Morgan fingerprint density at radius 1 is 1.00 bits per heavy atom. The van der Waals surface area contributed by atoms with Crippen LogP contribution in [0.3, 0.4) is 0 Å². The van der Waals surface area contributed by atoms with Crippen LogP contribution in [-0.4, -0.2) is 99.0 Å². The average Bonchev–Trinajstić information content (AvgIpc) is 3.46. The predicted octanol–water partition coefficient (Wildman–Crippen LogP) is 5.18. The van der Waals surface area contributed by atoms with Crippen LogP contribution in [0, 0.1) is 0 Å². The fourth-order valence-corrected chi connectivity index (χ4v) is 7.74. The molecule has 260 valence electrons. The van der Waals surface area contributed by atoms with E-state index in [0.29, 0.717) is 36.8 Å². The summed E-state index contributed by atoms with van der Waals surface area (Å²) in [6.45, 7) is 2.88. The van der Waals surface area contributed by atoms with Gasteiger partial charge in [-0.2, -0.15) is 18.3 Å². The molecule has 2 aliphatic rings. The molecule has 49 heavy (non-hydrogen) atoms. The molecule has 0 atom stereocenters. The monoisotopic (exact) mass is 739 g/mol. The molecule has 4 heterocycles. The molecule has 18 heteroatoms. The van der Waals surface area contributed by atoms with E-state index < -0.39 is 38.9 Å². The molecule has 4 aromatic rings. The van der Waals surface area contributed by atoms with Crippen molar-refractivity contribution >= 4 is 73.1 Å². The number of alkyl halides is 3. The molecule has 0 spiro atoms. The fourth-order valence-electron chi connectivity index (χ4n) is 5.82. The third kappa shape index (κ3) is 7.33. The van der Waals surface area contributed by atoms with Crippen LogP contribution in [0.15, 0.2) is 58.5 Å². The van der Waals surface area contributed by atoms with Crippen molar-refractivity contribution in [2.75, 3.05) is 61.6 Å². The molecule has 2 saturated heterocycles. The van der Waals surface area contributed by atoms with Crippen molar-refractivity contribution in [3.63, 3.8) is 0 Å². The minimum Gasteiger partial charge on any atom is -0.381 e. The first-order valence-corrected chi connectivity index (χ1v) is 17.4. The smallest absolute Gasteiger partial charge is 0.381 e. The highest BCUT2D eigenvalue weighted by atomic mass is 35.5. The number of carbonyl (C=O) groups excluding carboxylic acids is 2. The zero-order valence-corrected chi connectivity index (χ0v) is 28.3. The number of nitrogens with one attached hydrogen (secondary N) is 2. The van der Waals surface area contributed by atoms with E-state index in [-0.39, 0.29) is 69.1 Å². The van der Waals surface area contributed by atoms with Crippen LogP contribution in [0.1, 0.15) is 23.2 Å². The lowest BCUT2D eigenvalue weighted by Gasteiger charge is -2.37. The van der Waals surface area contributed by atoms with Crippen LogP contribution in [0.5, 0.6) is 0 Å². The Morgan fingerprint density at radius 3 is 2.33 bits per heavy atom. The molecule has 2 fully saturated rings. The number of benzene rings is 2. The van der Waals surface area contributed by atoms with Crippen LogP contribution < -0.4 is 15.1 Å². The number of ether oxygens (including phenoxy) is 1. The van der Waals surface area contributed by atoms with E-state index in [1.165, 1.54) is 42.5 Å². The lowest BCUT2D eigenvalue weighted by molar-refractivity contribution is -0.171. The number of rotatable bonds is 7. The third-order valence-corrected chi connectivity index (χ3v) is 10.5. The van der Waals surface area contributed by atoms with Crippen molar-refractivity contribution in [1.29, 1.82) is 0 Å². The van der Waals surface area contributed by atoms with Gasteiger partial charge in [0, 0.05) is 61.2 Å². The van der Waals surface area contributed by atoms with Crippen molar-refractivity contribution in [1.82, 2.24) is 20.1 Å². The zero-order valence-electron chi connectivity index (χ0n) is 25.9. The van der Waals surface area contributed by atoms with Crippen molar-refractivity contribution in [3.8, 4) is 0 Å². The molecule has 2 aromatic heterocycles. The number of H-pyrrole nitrogens is 1. The summed E-state index contributed by atoms with van der Waals surface area (Å²) in [4.78, 5) is 35.8. The first-order valence-electron chi connectivity index (χ1n) is 15.2. The fraction of sp³-hybridized carbons (Fsp3) is 0.355. The highest BCUT2D eigenvalue weighted by Crippen LogP contribution is 2.36. The standard InChI is InChI=1S/C31H30Cl2F3N7O5S/c1-41-8-10-42(11-9-41)21-2-3-23(25(17-21)43(30(45)31(34,35)36)20-6-12-48-13-7-20)29(44)38-28-27-24(39-40-28)4-5-26(37-27)49(46,47)22-15-18(32)14-19(33)16-22/h2-5,14-17,20H,6-13H2,1H3,(H2,38,39,40,44). The van der Waals surface area contributed by atoms with Gasteiger partial charge >= 0.3 is 12.1 Å². The number of carbonyl (C=O) groups is 2. The van der Waals surface area contributed by atoms with Gasteiger partial charge in [-0.3, -0.25) is 14.7 Å². The molecule has 2 amide bonds. The van der Waals surface area contributed by atoms with Crippen LogP contribution in [-0.2, 0) is 19.4 Å². The largest absolute Gasteiger partial charge is 0.471 e. The minimum atomic E-state index is -5.23. The Labute approximate surface area is 289 Å². The first kappa shape index (κ1) is 34.9. The number of fused-ring (bicyclic) bond motifs is 1. The Balaban J connectivity index is 1.40. The SMILES string of the molecule is CN1CCN(c2ccc(C(=O)Nc3n[nH]c4ccc(S(=O)(=O)c5cc(Cl)cc(Cl)c5)nc34)c(N(C(=O)C(F)(F)F)C3CCOCC3)c2)CC1. The molecule has 0 saturated carbocycles. The summed E-state index contributed by atoms with van der Waals surface area (Å²) in [7, 11) is -2.26. The second kappa shape index (κ2) is 13.7. The Morgan fingerprint density at radius 2 is 1.67 bits per heavy atom. The summed E-state index contributed by atoms with van der Waals surface area (Å²) >= 11 is 12.0. The molecule has 0 radical (unpaired) electrons. The summed E-state index contributed by atoms with van der Waals surface area (Å²) in [6.07, 6.45) is -4.97. The minimum absolute atomic E-state index is 0.0363. The van der Waals surface area contributed by atoms with E-state index in [1.54, 1.807) is 6.07 Å². The molecule has 2 aliphatic heterocycles. The molecule has 2 N–H and O–H groups in total. The normalized spacial score (nSPS) is 16.6. The van der Waals surface area contributed by atoms with Gasteiger partial charge in [-0.15, -0.1) is 0 Å². The van der Waals surface area contributed by atoms with Gasteiger partial charge in [-0.1, -0.05) is 23.2 Å². The van der Waals surface area contributed by atoms with E-state index in [9.17, 15) is 31.2 Å². The van der Waals surface area contributed by atoms with Gasteiger partial charge in [0.2, 0.25) is 9.84 Å². The molecular weight excluding hydrogens is 710 g/mol. The summed E-state index contributed by atoms with van der Waals surface area (Å²) < 4.78 is 74.6. The van der Waals surface area contributed by atoms with Gasteiger partial charge < -0.3 is 24.8 Å². The lowest BCUT2D eigenvalue weighted by Crippen LogP contribution is -2.50. The lowest BCUT2D eigenvalue weighted by atomic mass is 10.0. The quantitative estimate of drug-likeness (QED) is 0.263. The Bertz CT molecular complexity index is 1990. The number of halogens is 5. The first-order chi connectivity index (χ1) is 23.2. The van der Waals surface area contributed by atoms with Crippen LogP contribution in [0.4, 0.5) is 30.4 Å². The van der Waals surface area contributed by atoms with E-state index in [4.69, 9.17) is 27.9 Å². The molecule has 0 unspecified atom stereocenters. The maximum atomic E-state index is 14.1. The number of amides is 2. The van der Waals surface area contributed by atoms with Crippen LogP contribution >= 0.6 is 23.2 Å². The molecule has 6 rings (SSSR count).